The standard InChI is InChI=1S/C7H16N4Si/c1-4-12(5-2,6-3)11-7-8-9-10-11/h7H,4-6H2,1-3H3. The molecule has 0 N–H and O–H groups in total. The van der Waals surface area contributed by atoms with Crippen molar-refractivity contribution in [2.24, 2.45) is 0 Å². The van der Waals surface area contributed by atoms with Crippen molar-refractivity contribution in [3.8, 4) is 0 Å². The van der Waals surface area contributed by atoms with Gasteiger partial charge < -0.3 is 0 Å². The van der Waals surface area contributed by atoms with Crippen molar-refractivity contribution in [3.05, 3.63) is 6.33 Å². The Morgan fingerprint density at radius 1 is 1.17 bits per heavy atom. The number of tetrazole rings is 1. The molecule has 0 amide bonds. The molecule has 0 unspecified atom stereocenters. The highest BCUT2D eigenvalue weighted by molar-refractivity contribution is 6.77. The van der Waals surface area contributed by atoms with Crippen LogP contribution < -0.4 is 0 Å². The van der Waals surface area contributed by atoms with Gasteiger partial charge in [-0.1, -0.05) is 26.0 Å². The van der Waals surface area contributed by atoms with Crippen molar-refractivity contribution in [1.29, 1.82) is 0 Å². The second-order valence-electron chi connectivity index (χ2n) is 3.04. The SMILES string of the molecule is CC[Si](CC)(CC)n1cnnn1. The predicted octanol–water partition coefficient (Wildman–Crippen LogP) is 1.53. The second kappa shape index (κ2) is 3.80. The highest BCUT2D eigenvalue weighted by Gasteiger charge is 2.30. The second-order valence-corrected chi connectivity index (χ2v) is 8.07. The maximum atomic E-state index is 4.02. The fraction of sp³-hybridized carbons (Fsp3) is 0.857. The summed E-state index contributed by atoms with van der Waals surface area (Å²) in [5.74, 6) is 0. The van der Waals surface area contributed by atoms with Crippen LogP contribution >= 0.6 is 0 Å². The number of hydrogen-bond acceptors (Lipinski definition) is 3. The number of aromatic nitrogens is 4. The van der Waals surface area contributed by atoms with Gasteiger partial charge in [-0.25, -0.2) is 0 Å². The van der Waals surface area contributed by atoms with Crippen LogP contribution in [0.5, 0.6) is 0 Å². The van der Waals surface area contributed by atoms with Crippen molar-refractivity contribution in [1.82, 2.24) is 19.9 Å². The Labute approximate surface area is 74.1 Å². The Morgan fingerprint density at radius 2 is 1.75 bits per heavy atom. The Hall–Kier alpha value is -0.713. The number of hydrogen-bond donors (Lipinski definition) is 0. The van der Waals surface area contributed by atoms with E-state index in [1.165, 1.54) is 18.1 Å². The van der Waals surface area contributed by atoms with E-state index in [1.807, 2.05) is 4.35 Å². The van der Waals surface area contributed by atoms with Crippen molar-refractivity contribution in [2.75, 3.05) is 0 Å². The molecule has 4 nitrogen and oxygen atoms in total. The summed E-state index contributed by atoms with van der Waals surface area (Å²) in [7, 11) is -1.36. The molecule has 1 heterocycles. The normalized spacial score (nSPS) is 11.9. The van der Waals surface area contributed by atoms with Gasteiger partial charge >= 0.3 is 0 Å². The molecule has 5 heteroatoms. The monoisotopic (exact) mass is 184 g/mol. The summed E-state index contributed by atoms with van der Waals surface area (Å²) in [6.45, 7) is 6.71. The van der Waals surface area contributed by atoms with E-state index in [1.54, 1.807) is 6.33 Å². The molecular weight excluding hydrogens is 168 g/mol. The van der Waals surface area contributed by atoms with Gasteiger partial charge in [0.05, 0.1) is 0 Å². The summed E-state index contributed by atoms with van der Waals surface area (Å²) in [5, 5.41) is 11.4. The van der Waals surface area contributed by atoms with Crippen LogP contribution in [0.2, 0.25) is 18.1 Å². The van der Waals surface area contributed by atoms with E-state index in [2.05, 4.69) is 36.3 Å². The van der Waals surface area contributed by atoms with E-state index in [4.69, 9.17) is 0 Å². The first-order valence-corrected chi connectivity index (χ1v) is 7.09. The third kappa shape index (κ3) is 1.41. The zero-order valence-corrected chi connectivity index (χ0v) is 8.99. The molecule has 68 valence electrons. The van der Waals surface area contributed by atoms with Crippen LogP contribution in [-0.4, -0.2) is 28.1 Å². The molecule has 0 aliphatic carbocycles. The van der Waals surface area contributed by atoms with Gasteiger partial charge in [-0.15, -0.1) is 5.10 Å². The minimum absolute atomic E-state index is 1.21. The molecule has 0 aliphatic heterocycles. The topological polar surface area (TPSA) is 43.6 Å². The average Bonchev–Trinajstić information content (AvgIpc) is 2.62. The molecular formula is C7H16N4Si. The Morgan fingerprint density at radius 3 is 2.08 bits per heavy atom. The van der Waals surface area contributed by atoms with Crippen molar-refractivity contribution < 1.29 is 0 Å². The lowest BCUT2D eigenvalue weighted by atomic mass is 10.9. The maximum absolute atomic E-state index is 4.02. The predicted molar refractivity (Wildman–Crippen MR) is 50.4 cm³/mol. The van der Waals surface area contributed by atoms with E-state index in [0.29, 0.717) is 0 Å². The maximum Gasteiger partial charge on any atom is 0.188 e. The summed E-state index contributed by atoms with van der Waals surface area (Å²) >= 11 is 0. The molecule has 1 aromatic heterocycles. The molecule has 0 bridgehead atoms. The minimum Gasteiger partial charge on any atom is -0.263 e. The molecule has 1 rings (SSSR count). The third-order valence-corrected chi connectivity index (χ3v) is 7.93. The molecule has 0 spiro atoms. The smallest absolute Gasteiger partial charge is 0.188 e. The van der Waals surface area contributed by atoms with Gasteiger partial charge in [0.15, 0.2) is 8.24 Å². The van der Waals surface area contributed by atoms with Crippen molar-refractivity contribution in [2.45, 2.75) is 38.9 Å². The van der Waals surface area contributed by atoms with Gasteiger partial charge in [-0.2, -0.15) is 0 Å². The summed E-state index contributed by atoms with van der Waals surface area (Å²) < 4.78 is 2.02. The summed E-state index contributed by atoms with van der Waals surface area (Å²) in [5.41, 5.74) is 0. The average molecular weight is 184 g/mol. The summed E-state index contributed by atoms with van der Waals surface area (Å²) in [6, 6.07) is 3.64. The van der Waals surface area contributed by atoms with E-state index in [-0.39, 0.29) is 0 Å². The zero-order valence-electron chi connectivity index (χ0n) is 7.99. The van der Waals surface area contributed by atoms with Crippen molar-refractivity contribution >= 4 is 8.24 Å². The van der Waals surface area contributed by atoms with Crippen LogP contribution in [0.15, 0.2) is 6.33 Å². The molecule has 0 atom stereocenters. The number of nitrogens with zero attached hydrogens (tertiary/aromatic N) is 4. The minimum atomic E-state index is -1.36. The van der Waals surface area contributed by atoms with E-state index in [0.717, 1.165) is 0 Å². The van der Waals surface area contributed by atoms with Crippen LogP contribution in [0.4, 0.5) is 0 Å². The largest absolute Gasteiger partial charge is 0.263 e. The van der Waals surface area contributed by atoms with Gasteiger partial charge in [0, 0.05) is 0 Å². The highest BCUT2D eigenvalue weighted by atomic mass is 28.3. The van der Waals surface area contributed by atoms with Gasteiger partial charge in [-0.05, 0) is 23.3 Å². The van der Waals surface area contributed by atoms with Crippen LogP contribution in [0.3, 0.4) is 0 Å². The van der Waals surface area contributed by atoms with Crippen LogP contribution in [0.1, 0.15) is 20.8 Å². The molecule has 0 saturated carbocycles. The molecule has 0 aromatic carbocycles. The van der Waals surface area contributed by atoms with Crippen molar-refractivity contribution in [3.63, 3.8) is 0 Å². The third-order valence-electron chi connectivity index (χ3n) is 2.81. The van der Waals surface area contributed by atoms with E-state index in [9.17, 15) is 0 Å². The molecule has 1 aromatic rings. The van der Waals surface area contributed by atoms with Crippen LogP contribution in [-0.2, 0) is 0 Å². The zero-order chi connectivity index (χ0) is 9.03. The first-order valence-electron chi connectivity index (χ1n) is 4.52. The van der Waals surface area contributed by atoms with E-state index < -0.39 is 8.24 Å². The summed E-state index contributed by atoms with van der Waals surface area (Å²) in [6.07, 6.45) is 1.77. The lowest BCUT2D eigenvalue weighted by Crippen LogP contribution is -2.41. The molecule has 0 fully saturated rings. The Bertz CT molecular complexity index is 209. The Balaban J connectivity index is 2.93. The Kier molecular flexibility index (Phi) is 2.97. The van der Waals surface area contributed by atoms with Gasteiger partial charge in [-0.3, -0.25) is 4.35 Å². The van der Waals surface area contributed by atoms with Crippen LogP contribution in [0, 0.1) is 0 Å². The summed E-state index contributed by atoms with van der Waals surface area (Å²) in [4.78, 5) is 0. The van der Waals surface area contributed by atoms with Gasteiger partial charge in [0.1, 0.15) is 6.33 Å². The van der Waals surface area contributed by atoms with E-state index >= 15 is 0 Å². The highest BCUT2D eigenvalue weighted by Crippen LogP contribution is 2.20. The molecule has 0 saturated heterocycles. The lowest BCUT2D eigenvalue weighted by molar-refractivity contribution is 0.797. The van der Waals surface area contributed by atoms with Gasteiger partial charge in [0.25, 0.3) is 0 Å². The first-order chi connectivity index (χ1) is 5.79. The number of rotatable bonds is 4. The lowest BCUT2D eigenvalue weighted by Gasteiger charge is -2.26. The fourth-order valence-corrected chi connectivity index (χ4v) is 4.61. The quantitative estimate of drug-likeness (QED) is 0.666. The molecule has 12 heavy (non-hydrogen) atoms. The van der Waals surface area contributed by atoms with Gasteiger partial charge in [0.2, 0.25) is 0 Å². The molecule has 0 radical (unpaired) electrons. The molecule has 0 aliphatic rings. The fourth-order valence-electron chi connectivity index (χ4n) is 1.61. The first kappa shape index (κ1) is 9.38. The van der Waals surface area contributed by atoms with Crippen LogP contribution in [0.25, 0.3) is 0 Å².